The van der Waals surface area contributed by atoms with E-state index in [0.717, 1.165) is 44.1 Å². The number of aromatic nitrogens is 1. The lowest BCUT2D eigenvalue weighted by Crippen LogP contribution is -2.29. The molecule has 8 rings (SSSR count). The van der Waals surface area contributed by atoms with Gasteiger partial charge in [-0.25, -0.2) is 4.90 Å². The van der Waals surface area contributed by atoms with Crippen molar-refractivity contribution in [1.82, 2.24) is 4.57 Å². The molecule has 0 spiro atoms. The highest BCUT2D eigenvalue weighted by atomic mass is 16.2. The van der Waals surface area contributed by atoms with Gasteiger partial charge in [0.25, 0.3) is 11.8 Å². The molecule has 7 aromatic rings. The van der Waals surface area contributed by atoms with E-state index in [4.69, 9.17) is 0 Å². The third-order valence-corrected chi connectivity index (χ3v) is 8.57. The highest BCUT2D eigenvalue weighted by Crippen LogP contribution is 2.41. The van der Waals surface area contributed by atoms with E-state index in [-0.39, 0.29) is 11.8 Å². The third kappa shape index (κ3) is 3.92. The van der Waals surface area contributed by atoms with Gasteiger partial charge < -0.3 is 4.57 Å². The molecule has 0 saturated carbocycles. The Hall–Kier alpha value is -5.74. The SMILES string of the molecule is Cc1cc(C)cc(-c2cccc3c4ccccc4n(-c4cccc5c4C(=O)N(c4cccc(-c6ccccc6)c4)C5=O)c23)c1. The number of rotatable bonds is 4. The normalized spacial score (nSPS) is 12.8. The van der Waals surface area contributed by atoms with Crippen LogP contribution in [0.2, 0.25) is 0 Å². The number of aryl methyl sites for hydroxylation is 2. The molecule has 0 N–H and O–H groups in total. The van der Waals surface area contributed by atoms with Crippen molar-refractivity contribution in [2.75, 3.05) is 4.90 Å². The summed E-state index contributed by atoms with van der Waals surface area (Å²) in [6.45, 7) is 4.23. The zero-order valence-corrected chi connectivity index (χ0v) is 24.4. The summed E-state index contributed by atoms with van der Waals surface area (Å²) in [5.74, 6) is -0.631. The number of anilines is 1. The lowest BCUT2D eigenvalue weighted by atomic mass is 9.98. The van der Waals surface area contributed by atoms with Crippen LogP contribution in [0.15, 0.2) is 133 Å². The number of fused-ring (bicyclic) bond motifs is 4. The van der Waals surface area contributed by atoms with Crippen molar-refractivity contribution in [3.63, 3.8) is 0 Å². The summed E-state index contributed by atoms with van der Waals surface area (Å²) < 4.78 is 2.17. The van der Waals surface area contributed by atoms with Crippen molar-refractivity contribution in [3.8, 4) is 27.9 Å². The first-order valence-corrected chi connectivity index (χ1v) is 14.8. The van der Waals surface area contributed by atoms with Gasteiger partial charge in [-0.3, -0.25) is 9.59 Å². The Kier molecular flexibility index (Phi) is 5.85. The van der Waals surface area contributed by atoms with Crippen LogP contribution in [0.3, 0.4) is 0 Å². The van der Waals surface area contributed by atoms with Crippen molar-refractivity contribution in [2.45, 2.75) is 13.8 Å². The molecule has 0 bridgehead atoms. The van der Waals surface area contributed by atoms with E-state index < -0.39 is 0 Å². The average Bonchev–Trinajstić information content (AvgIpc) is 3.52. The molecule has 0 fully saturated rings. The van der Waals surface area contributed by atoms with E-state index in [1.165, 1.54) is 16.0 Å². The molecule has 44 heavy (non-hydrogen) atoms. The Balaban J connectivity index is 1.36. The minimum absolute atomic E-state index is 0.313. The zero-order chi connectivity index (χ0) is 29.9. The number of para-hydroxylation sites is 2. The molecule has 0 saturated heterocycles. The highest BCUT2D eigenvalue weighted by Gasteiger charge is 2.39. The van der Waals surface area contributed by atoms with Crippen LogP contribution in [0.1, 0.15) is 31.8 Å². The highest BCUT2D eigenvalue weighted by molar-refractivity contribution is 6.36. The van der Waals surface area contributed by atoms with Gasteiger partial charge in [0, 0.05) is 16.3 Å². The van der Waals surface area contributed by atoms with E-state index in [0.29, 0.717) is 22.5 Å². The molecular formula is C40H28N2O2. The zero-order valence-electron chi connectivity index (χ0n) is 24.4. The van der Waals surface area contributed by atoms with Crippen molar-refractivity contribution in [1.29, 1.82) is 0 Å². The maximum absolute atomic E-state index is 14.4. The first kappa shape index (κ1) is 25.9. The fraction of sp³-hybridized carbons (Fsp3) is 0.0500. The quantitative estimate of drug-likeness (QED) is 0.198. The maximum Gasteiger partial charge on any atom is 0.268 e. The molecular weight excluding hydrogens is 540 g/mol. The summed E-state index contributed by atoms with van der Waals surface area (Å²) in [6.07, 6.45) is 0. The molecule has 0 radical (unpaired) electrons. The molecule has 4 nitrogen and oxygen atoms in total. The fourth-order valence-electron chi connectivity index (χ4n) is 6.78. The minimum atomic E-state index is -0.319. The smallest absolute Gasteiger partial charge is 0.268 e. The molecule has 0 unspecified atom stereocenters. The molecule has 210 valence electrons. The topological polar surface area (TPSA) is 42.3 Å². The first-order chi connectivity index (χ1) is 21.5. The molecule has 1 aliphatic heterocycles. The van der Waals surface area contributed by atoms with Gasteiger partial charge in [-0.15, -0.1) is 0 Å². The maximum atomic E-state index is 14.4. The summed E-state index contributed by atoms with van der Waals surface area (Å²) >= 11 is 0. The van der Waals surface area contributed by atoms with Crippen molar-refractivity contribution in [2.24, 2.45) is 0 Å². The van der Waals surface area contributed by atoms with Crippen LogP contribution in [0.5, 0.6) is 0 Å². The number of imide groups is 1. The van der Waals surface area contributed by atoms with Crippen LogP contribution in [0.25, 0.3) is 49.7 Å². The molecule has 6 aromatic carbocycles. The van der Waals surface area contributed by atoms with Gasteiger partial charge in [0.1, 0.15) is 0 Å². The van der Waals surface area contributed by atoms with Crippen molar-refractivity contribution >= 4 is 39.3 Å². The largest absolute Gasteiger partial charge is 0.308 e. The molecule has 1 aromatic heterocycles. The lowest BCUT2D eigenvalue weighted by molar-refractivity contribution is 0.0926. The Morgan fingerprint density at radius 2 is 1.16 bits per heavy atom. The Labute approximate surface area is 255 Å². The van der Waals surface area contributed by atoms with Gasteiger partial charge in [0.2, 0.25) is 0 Å². The standard InChI is InChI=1S/C40H28N2O2/c1-25-21-26(2)23-29(22-25)31-16-9-17-33-32-15-6-7-19-35(32)42(38(31)33)36-20-10-18-34-37(36)40(44)41(39(34)43)30-14-8-13-28(24-30)27-11-4-3-5-12-27/h3-24H,1-2H3. The van der Waals surface area contributed by atoms with Gasteiger partial charge >= 0.3 is 0 Å². The van der Waals surface area contributed by atoms with Crippen LogP contribution in [-0.2, 0) is 0 Å². The minimum Gasteiger partial charge on any atom is -0.308 e. The van der Waals surface area contributed by atoms with Gasteiger partial charge in [0.15, 0.2) is 0 Å². The van der Waals surface area contributed by atoms with Gasteiger partial charge in [-0.1, -0.05) is 114 Å². The summed E-state index contributed by atoms with van der Waals surface area (Å²) in [5, 5.41) is 2.19. The average molecular weight is 569 g/mol. The van der Waals surface area contributed by atoms with E-state index in [9.17, 15) is 9.59 Å². The van der Waals surface area contributed by atoms with Crippen LogP contribution in [-0.4, -0.2) is 16.4 Å². The molecule has 1 aliphatic rings. The number of hydrogen-bond acceptors (Lipinski definition) is 2. The molecule has 2 amide bonds. The summed E-state index contributed by atoms with van der Waals surface area (Å²) in [6, 6.07) is 44.4. The second-order valence-corrected chi connectivity index (χ2v) is 11.5. The number of hydrogen-bond donors (Lipinski definition) is 0. The molecule has 0 atom stereocenters. The van der Waals surface area contributed by atoms with Crippen molar-refractivity contribution in [3.05, 3.63) is 156 Å². The second-order valence-electron chi connectivity index (χ2n) is 11.5. The Morgan fingerprint density at radius 1 is 0.500 bits per heavy atom. The molecule has 0 aliphatic carbocycles. The molecule has 2 heterocycles. The second kappa shape index (κ2) is 9.92. The Morgan fingerprint density at radius 3 is 1.98 bits per heavy atom. The summed E-state index contributed by atoms with van der Waals surface area (Å²) in [5.41, 5.74) is 10.6. The fourth-order valence-corrected chi connectivity index (χ4v) is 6.78. The van der Waals surface area contributed by atoms with Crippen LogP contribution >= 0.6 is 0 Å². The van der Waals surface area contributed by atoms with E-state index in [1.54, 1.807) is 6.07 Å². The number of amides is 2. The number of carbonyl (C=O) groups is 2. The number of nitrogens with zero attached hydrogens (tertiary/aromatic N) is 2. The first-order valence-electron chi connectivity index (χ1n) is 14.8. The van der Waals surface area contributed by atoms with E-state index in [2.05, 4.69) is 66.9 Å². The Bertz CT molecular complexity index is 2270. The summed E-state index contributed by atoms with van der Waals surface area (Å²) in [4.78, 5) is 29.7. The van der Waals surface area contributed by atoms with E-state index >= 15 is 0 Å². The van der Waals surface area contributed by atoms with Gasteiger partial charge in [-0.05, 0) is 60.9 Å². The summed E-state index contributed by atoms with van der Waals surface area (Å²) in [7, 11) is 0. The third-order valence-electron chi connectivity index (χ3n) is 8.57. The monoisotopic (exact) mass is 568 g/mol. The molecule has 4 heteroatoms. The predicted molar refractivity (Wildman–Crippen MR) is 179 cm³/mol. The van der Waals surface area contributed by atoms with Crippen LogP contribution in [0, 0.1) is 13.8 Å². The predicted octanol–water partition coefficient (Wildman–Crippen LogP) is 9.54. The van der Waals surface area contributed by atoms with E-state index in [1.807, 2.05) is 78.9 Å². The van der Waals surface area contributed by atoms with Crippen LogP contribution < -0.4 is 4.90 Å². The lowest BCUT2D eigenvalue weighted by Gasteiger charge is -2.16. The van der Waals surface area contributed by atoms with Gasteiger partial charge in [-0.2, -0.15) is 0 Å². The van der Waals surface area contributed by atoms with Crippen LogP contribution in [0.4, 0.5) is 5.69 Å². The van der Waals surface area contributed by atoms with Gasteiger partial charge in [0.05, 0.1) is 33.5 Å². The number of carbonyl (C=O) groups excluding carboxylic acids is 2. The number of benzene rings is 6. The van der Waals surface area contributed by atoms with Crippen molar-refractivity contribution < 1.29 is 9.59 Å².